The van der Waals surface area contributed by atoms with Crippen molar-refractivity contribution in [3.05, 3.63) is 58.4 Å². The molecule has 1 aliphatic rings. The van der Waals surface area contributed by atoms with Crippen LogP contribution >= 0.6 is 0 Å². The second-order valence-electron chi connectivity index (χ2n) is 7.38. The average molecular weight is 410 g/mol. The maximum Gasteiger partial charge on any atom is 0.290 e. The van der Waals surface area contributed by atoms with Crippen molar-refractivity contribution in [3.63, 3.8) is 0 Å². The second-order valence-corrected chi connectivity index (χ2v) is 7.38. The SMILES string of the molecule is CCn1ccc(CNc2cc(OCC3CC3c3ccc(OC)cn3)nn(C)c2=O)n1. The molecule has 3 heterocycles. The molecule has 0 amide bonds. The molecule has 1 aliphatic carbocycles. The van der Waals surface area contributed by atoms with Crippen molar-refractivity contribution < 1.29 is 9.47 Å². The molecule has 30 heavy (non-hydrogen) atoms. The summed E-state index contributed by atoms with van der Waals surface area (Å²) in [4.78, 5) is 16.8. The van der Waals surface area contributed by atoms with Crippen molar-refractivity contribution >= 4 is 5.69 Å². The molecule has 0 bridgehead atoms. The number of nitrogens with one attached hydrogen (secondary N) is 1. The van der Waals surface area contributed by atoms with Gasteiger partial charge in [0.25, 0.3) is 5.56 Å². The number of pyridine rings is 1. The first-order valence-corrected chi connectivity index (χ1v) is 10.0. The summed E-state index contributed by atoms with van der Waals surface area (Å²) in [7, 11) is 3.25. The Labute approximate surface area is 174 Å². The van der Waals surface area contributed by atoms with E-state index in [0.29, 0.717) is 36.6 Å². The van der Waals surface area contributed by atoms with Gasteiger partial charge in [0.2, 0.25) is 5.88 Å². The number of ether oxygens (including phenoxy) is 2. The second kappa shape index (κ2) is 8.56. The lowest BCUT2D eigenvalue weighted by molar-refractivity contribution is 0.278. The number of hydrogen-bond donors (Lipinski definition) is 1. The number of methoxy groups -OCH3 is 1. The summed E-state index contributed by atoms with van der Waals surface area (Å²) >= 11 is 0. The van der Waals surface area contributed by atoms with Crippen LogP contribution in [0.2, 0.25) is 0 Å². The van der Waals surface area contributed by atoms with Crippen molar-refractivity contribution in [2.75, 3.05) is 19.0 Å². The normalized spacial score (nSPS) is 17.6. The molecule has 0 aliphatic heterocycles. The monoisotopic (exact) mass is 410 g/mol. The minimum atomic E-state index is -0.205. The van der Waals surface area contributed by atoms with Gasteiger partial charge in [-0.2, -0.15) is 5.10 Å². The van der Waals surface area contributed by atoms with Crippen molar-refractivity contribution in [1.29, 1.82) is 0 Å². The van der Waals surface area contributed by atoms with Gasteiger partial charge in [0.05, 0.1) is 32.2 Å². The Morgan fingerprint density at radius 2 is 2.13 bits per heavy atom. The third kappa shape index (κ3) is 4.45. The van der Waals surface area contributed by atoms with E-state index in [4.69, 9.17) is 9.47 Å². The summed E-state index contributed by atoms with van der Waals surface area (Å²) in [6.07, 6.45) is 4.68. The summed E-state index contributed by atoms with van der Waals surface area (Å²) in [5, 5.41) is 11.8. The standard InChI is InChI=1S/C21H26N6O3/c1-4-27-8-7-15(24-27)11-22-19-10-20(25-26(2)21(19)28)30-13-14-9-17(14)18-6-5-16(29-3)12-23-18/h5-8,10,12,14,17,22H,4,9,11,13H2,1-3H3. The third-order valence-corrected chi connectivity index (χ3v) is 5.26. The topological polar surface area (TPSA) is 96.1 Å². The molecular weight excluding hydrogens is 384 g/mol. The highest BCUT2D eigenvalue weighted by molar-refractivity contribution is 5.43. The van der Waals surface area contributed by atoms with Gasteiger partial charge in [0.15, 0.2) is 0 Å². The molecule has 0 spiro atoms. The van der Waals surface area contributed by atoms with Crippen LogP contribution in [0.3, 0.4) is 0 Å². The minimum Gasteiger partial charge on any atom is -0.495 e. The molecule has 1 fully saturated rings. The number of aromatic nitrogens is 5. The predicted octanol–water partition coefficient (Wildman–Crippen LogP) is 2.19. The lowest BCUT2D eigenvalue weighted by Gasteiger charge is -2.10. The predicted molar refractivity (Wildman–Crippen MR) is 112 cm³/mol. The van der Waals surface area contributed by atoms with Crippen molar-refractivity contribution in [3.8, 4) is 11.6 Å². The van der Waals surface area contributed by atoms with Gasteiger partial charge in [0, 0.05) is 43.4 Å². The Morgan fingerprint density at radius 1 is 1.27 bits per heavy atom. The Morgan fingerprint density at radius 3 is 2.83 bits per heavy atom. The van der Waals surface area contributed by atoms with E-state index in [1.165, 1.54) is 4.68 Å². The zero-order chi connectivity index (χ0) is 21.1. The van der Waals surface area contributed by atoms with Crippen LogP contribution < -0.4 is 20.3 Å². The Bertz CT molecular complexity index is 1060. The number of aryl methyl sites for hydroxylation is 2. The Kier molecular flexibility index (Phi) is 5.69. The van der Waals surface area contributed by atoms with E-state index < -0.39 is 0 Å². The first-order valence-electron chi connectivity index (χ1n) is 10.0. The van der Waals surface area contributed by atoms with Gasteiger partial charge in [-0.05, 0) is 31.5 Å². The molecule has 9 nitrogen and oxygen atoms in total. The zero-order valence-electron chi connectivity index (χ0n) is 17.4. The summed E-state index contributed by atoms with van der Waals surface area (Å²) in [5.41, 5.74) is 2.15. The maximum absolute atomic E-state index is 12.4. The van der Waals surface area contributed by atoms with E-state index in [0.717, 1.165) is 30.1 Å². The van der Waals surface area contributed by atoms with Crippen LogP contribution in [0.15, 0.2) is 41.5 Å². The van der Waals surface area contributed by atoms with E-state index in [9.17, 15) is 4.79 Å². The summed E-state index contributed by atoms with van der Waals surface area (Å²) in [5.74, 6) is 1.95. The van der Waals surface area contributed by atoms with E-state index in [1.807, 2.05) is 36.0 Å². The lowest BCUT2D eigenvalue weighted by atomic mass is 10.2. The summed E-state index contributed by atoms with van der Waals surface area (Å²) < 4.78 is 14.2. The van der Waals surface area contributed by atoms with Gasteiger partial charge in [-0.25, -0.2) is 4.68 Å². The van der Waals surface area contributed by atoms with E-state index in [2.05, 4.69) is 20.5 Å². The van der Waals surface area contributed by atoms with Crippen LogP contribution in [0.1, 0.15) is 30.7 Å². The molecule has 2 atom stereocenters. The van der Waals surface area contributed by atoms with Gasteiger partial charge in [-0.1, -0.05) is 0 Å². The Hall–Kier alpha value is -3.36. The van der Waals surface area contributed by atoms with E-state index in [1.54, 1.807) is 26.4 Å². The molecule has 4 rings (SSSR count). The number of rotatable bonds is 9. The van der Waals surface area contributed by atoms with Crippen LogP contribution in [-0.2, 0) is 20.1 Å². The summed E-state index contributed by atoms with van der Waals surface area (Å²) in [6.45, 7) is 3.83. The molecule has 9 heteroatoms. The van der Waals surface area contributed by atoms with Crippen molar-refractivity contribution in [2.45, 2.75) is 32.4 Å². The third-order valence-electron chi connectivity index (χ3n) is 5.26. The molecule has 0 saturated heterocycles. The van der Waals surface area contributed by atoms with Crippen LogP contribution in [-0.4, -0.2) is 38.3 Å². The maximum atomic E-state index is 12.4. The summed E-state index contributed by atoms with van der Waals surface area (Å²) in [6, 6.07) is 7.51. The molecule has 0 radical (unpaired) electrons. The minimum absolute atomic E-state index is 0.205. The van der Waals surface area contributed by atoms with Gasteiger partial charge >= 0.3 is 0 Å². The molecule has 158 valence electrons. The van der Waals surface area contributed by atoms with Gasteiger partial charge < -0.3 is 14.8 Å². The van der Waals surface area contributed by atoms with Crippen molar-refractivity contribution in [2.24, 2.45) is 13.0 Å². The molecule has 3 aromatic rings. The number of hydrogen-bond acceptors (Lipinski definition) is 7. The molecule has 3 aromatic heterocycles. The number of anilines is 1. The van der Waals surface area contributed by atoms with Crippen LogP contribution in [0.4, 0.5) is 5.69 Å². The first kappa shape index (κ1) is 19.9. The Balaban J connectivity index is 1.35. The fourth-order valence-electron chi connectivity index (χ4n) is 3.36. The fraction of sp³-hybridized carbons (Fsp3) is 0.429. The quantitative estimate of drug-likeness (QED) is 0.578. The number of nitrogens with zero attached hydrogens (tertiary/aromatic N) is 5. The highest BCUT2D eigenvalue weighted by atomic mass is 16.5. The van der Waals surface area contributed by atoms with Gasteiger partial charge in [-0.3, -0.25) is 14.5 Å². The highest BCUT2D eigenvalue weighted by Gasteiger charge is 2.40. The van der Waals surface area contributed by atoms with E-state index >= 15 is 0 Å². The smallest absolute Gasteiger partial charge is 0.290 e. The van der Waals surface area contributed by atoms with Gasteiger partial charge in [0.1, 0.15) is 11.4 Å². The average Bonchev–Trinajstić information content (AvgIpc) is 3.40. The molecular formula is C21H26N6O3. The van der Waals surface area contributed by atoms with Crippen molar-refractivity contribution in [1.82, 2.24) is 24.5 Å². The lowest BCUT2D eigenvalue weighted by Crippen LogP contribution is -2.24. The first-order chi connectivity index (χ1) is 14.6. The fourth-order valence-corrected chi connectivity index (χ4v) is 3.36. The molecule has 2 unspecified atom stereocenters. The van der Waals surface area contributed by atoms with E-state index in [-0.39, 0.29) is 5.56 Å². The highest BCUT2D eigenvalue weighted by Crippen LogP contribution is 2.46. The largest absolute Gasteiger partial charge is 0.495 e. The van der Waals surface area contributed by atoms with Crippen LogP contribution in [0, 0.1) is 5.92 Å². The molecule has 1 N–H and O–H groups in total. The molecule has 1 saturated carbocycles. The molecule has 0 aromatic carbocycles. The van der Waals surface area contributed by atoms with Gasteiger partial charge in [-0.15, -0.1) is 5.10 Å². The van der Waals surface area contributed by atoms with Crippen LogP contribution in [0.25, 0.3) is 0 Å². The zero-order valence-corrected chi connectivity index (χ0v) is 17.4. The van der Waals surface area contributed by atoms with Crippen LogP contribution in [0.5, 0.6) is 11.6 Å².